The highest BCUT2D eigenvalue weighted by molar-refractivity contribution is 7.47. The summed E-state index contributed by atoms with van der Waals surface area (Å²) >= 11 is 0. The molecular weight excluding hydrogens is 425 g/mol. The van der Waals surface area contributed by atoms with Crippen molar-refractivity contribution in [2.75, 3.05) is 59.0 Å². The molecule has 0 amide bonds. The van der Waals surface area contributed by atoms with E-state index in [2.05, 4.69) is 0 Å². The van der Waals surface area contributed by atoms with Crippen LogP contribution in [0.25, 0.3) is 0 Å². The molecule has 0 spiro atoms. The number of nitrogens with zero attached hydrogens (tertiary/aromatic N) is 1. The van der Waals surface area contributed by atoms with Gasteiger partial charge in [0.1, 0.15) is 13.2 Å². The summed E-state index contributed by atoms with van der Waals surface area (Å²) in [5, 5.41) is 17.5. The average molecular weight is 468 g/mol. The quantitative estimate of drug-likeness (QED) is 0.141. The van der Waals surface area contributed by atoms with E-state index in [9.17, 15) is 9.59 Å². The molecule has 0 aromatic rings. The predicted molar refractivity (Wildman–Crippen MR) is 120 cm³/mol. The fourth-order valence-electron chi connectivity index (χ4n) is 2.66. The van der Waals surface area contributed by atoms with Crippen LogP contribution < -0.4 is 0 Å². The van der Waals surface area contributed by atoms with Crippen molar-refractivity contribution < 1.29 is 38.3 Å². The van der Waals surface area contributed by atoms with Crippen LogP contribution in [-0.4, -0.2) is 86.1 Å². The van der Waals surface area contributed by atoms with Gasteiger partial charge in [0.05, 0.1) is 19.5 Å². The van der Waals surface area contributed by atoms with Crippen LogP contribution in [0.15, 0.2) is 0 Å². The number of aliphatic hydroxyl groups excluding tert-OH is 2. The van der Waals surface area contributed by atoms with Gasteiger partial charge in [-0.05, 0) is 39.5 Å². The zero-order valence-corrected chi connectivity index (χ0v) is 20.2. The molecule has 0 bridgehead atoms. The van der Waals surface area contributed by atoms with Gasteiger partial charge in [-0.25, -0.2) is 0 Å². The molecule has 10 heteroatoms. The minimum absolute atomic E-state index is 0.139. The van der Waals surface area contributed by atoms with E-state index in [-0.39, 0.29) is 38.4 Å². The molecule has 0 aliphatic rings. The van der Waals surface area contributed by atoms with E-state index in [1.54, 1.807) is 0 Å². The third-order valence-corrected chi connectivity index (χ3v) is 6.00. The third-order valence-electron chi connectivity index (χ3n) is 4.28. The number of hydrogen-bond acceptors (Lipinski definition) is 9. The molecule has 0 heterocycles. The Hall–Kier alpha value is -0.830. The van der Waals surface area contributed by atoms with E-state index < -0.39 is 8.38 Å². The highest BCUT2D eigenvalue weighted by atomic mass is 31.2. The van der Waals surface area contributed by atoms with Gasteiger partial charge in [-0.3, -0.25) is 14.5 Å². The van der Waals surface area contributed by atoms with Crippen molar-refractivity contribution >= 4 is 20.3 Å². The smallest absolute Gasteiger partial charge is 0.305 e. The molecule has 0 fully saturated rings. The Morgan fingerprint density at radius 1 is 0.742 bits per heavy atom. The van der Waals surface area contributed by atoms with Gasteiger partial charge in [-0.15, -0.1) is 0 Å². The Bertz CT molecular complexity index is 406. The molecule has 0 aliphatic carbocycles. The number of unbranched alkanes of at least 4 members (excludes halogenated alkanes) is 4. The Morgan fingerprint density at radius 2 is 1.19 bits per heavy atom. The molecule has 0 saturated carbocycles. The van der Waals surface area contributed by atoms with E-state index in [1.807, 2.05) is 18.7 Å². The molecule has 0 unspecified atom stereocenters. The van der Waals surface area contributed by atoms with Crippen LogP contribution >= 0.6 is 8.38 Å². The Morgan fingerprint density at radius 3 is 1.58 bits per heavy atom. The third kappa shape index (κ3) is 19.6. The molecule has 0 atom stereocenters. The van der Waals surface area contributed by atoms with Crippen LogP contribution in [0.5, 0.6) is 0 Å². The van der Waals surface area contributed by atoms with Gasteiger partial charge in [0.25, 0.3) is 0 Å². The number of carbonyl (C=O) groups is 2. The van der Waals surface area contributed by atoms with Crippen molar-refractivity contribution in [2.24, 2.45) is 0 Å². The highest BCUT2D eigenvalue weighted by Crippen LogP contribution is 2.38. The Labute approximate surface area is 188 Å². The van der Waals surface area contributed by atoms with Gasteiger partial charge in [-0.1, -0.05) is 12.8 Å². The zero-order valence-electron chi connectivity index (χ0n) is 19.3. The van der Waals surface area contributed by atoms with Crippen molar-refractivity contribution in [3.8, 4) is 0 Å². The number of hydrogen-bond donors (Lipinski definition) is 2. The largest absolute Gasteiger partial charge is 0.464 e. The topological polar surface area (TPSA) is 115 Å². The maximum Gasteiger partial charge on any atom is 0.305 e. The lowest BCUT2D eigenvalue weighted by Crippen LogP contribution is -2.33. The Balaban J connectivity index is 4.37. The van der Waals surface area contributed by atoms with Gasteiger partial charge in [-0.2, -0.15) is 0 Å². The molecule has 184 valence electrons. The number of ether oxygens (including phenoxy) is 2. The van der Waals surface area contributed by atoms with Crippen molar-refractivity contribution in [1.82, 2.24) is 4.90 Å². The van der Waals surface area contributed by atoms with Crippen LogP contribution in [0.1, 0.15) is 65.2 Å². The minimum Gasteiger partial charge on any atom is -0.464 e. The van der Waals surface area contributed by atoms with Gasteiger partial charge < -0.3 is 28.7 Å². The van der Waals surface area contributed by atoms with E-state index in [0.717, 1.165) is 12.8 Å². The average Bonchev–Trinajstić information content (AvgIpc) is 2.74. The van der Waals surface area contributed by atoms with Gasteiger partial charge in [0, 0.05) is 39.1 Å². The van der Waals surface area contributed by atoms with Crippen LogP contribution in [0.2, 0.25) is 0 Å². The Kier molecular flexibility index (Phi) is 21.8. The second-order valence-electron chi connectivity index (χ2n) is 6.94. The van der Waals surface area contributed by atoms with Crippen LogP contribution in [0.4, 0.5) is 0 Å². The van der Waals surface area contributed by atoms with Crippen LogP contribution in [0.3, 0.4) is 0 Å². The first-order valence-corrected chi connectivity index (χ1v) is 12.7. The lowest BCUT2D eigenvalue weighted by atomic mass is 10.2. The normalized spacial score (nSPS) is 11.3. The molecule has 0 aromatic carbocycles. The maximum absolute atomic E-state index is 11.8. The summed E-state index contributed by atoms with van der Waals surface area (Å²) in [4.78, 5) is 25.7. The predicted octanol–water partition coefficient (Wildman–Crippen LogP) is 2.82. The molecule has 0 aliphatic heterocycles. The number of aliphatic hydroxyl groups is 2. The first-order chi connectivity index (χ1) is 15.1. The molecule has 31 heavy (non-hydrogen) atoms. The van der Waals surface area contributed by atoms with Gasteiger partial charge in [0.2, 0.25) is 0 Å². The highest BCUT2D eigenvalue weighted by Gasteiger charge is 2.17. The van der Waals surface area contributed by atoms with Gasteiger partial charge >= 0.3 is 11.9 Å². The minimum atomic E-state index is -1.09. The lowest BCUT2D eigenvalue weighted by molar-refractivity contribution is -0.144. The molecule has 0 saturated heterocycles. The van der Waals surface area contributed by atoms with Crippen molar-refractivity contribution in [3.63, 3.8) is 0 Å². The number of rotatable bonds is 22. The second-order valence-corrected chi connectivity index (χ2v) is 8.40. The van der Waals surface area contributed by atoms with Crippen molar-refractivity contribution in [3.05, 3.63) is 0 Å². The molecular formula is C21H42NO8P. The molecule has 0 aromatic heterocycles. The molecule has 0 radical (unpaired) electrons. The summed E-state index contributed by atoms with van der Waals surface area (Å²) in [6.07, 6.45) is 5.64. The summed E-state index contributed by atoms with van der Waals surface area (Å²) in [5.74, 6) is -0.492. The lowest BCUT2D eigenvalue weighted by Gasteiger charge is -2.26. The zero-order chi connectivity index (χ0) is 23.2. The van der Waals surface area contributed by atoms with E-state index in [1.165, 1.54) is 0 Å². The first kappa shape index (κ1) is 30.2. The molecule has 9 nitrogen and oxygen atoms in total. The summed E-state index contributed by atoms with van der Waals surface area (Å²) in [7, 11) is -1.09. The molecule has 0 rings (SSSR count). The SMILES string of the molecule is CCOP(CN(CCOC(=O)CCCCCO)CCOC(=O)CCCCCO)OCC. The number of esters is 2. The molecule has 2 N–H and O–H groups in total. The van der Waals surface area contributed by atoms with E-state index in [4.69, 9.17) is 28.7 Å². The van der Waals surface area contributed by atoms with Crippen LogP contribution in [-0.2, 0) is 28.1 Å². The van der Waals surface area contributed by atoms with E-state index in [0.29, 0.717) is 71.1 Å². The summed E-state index contributed by atoms with van der Waals surface area (Å²) in [5.41, 5.74) is 0. The summed E-state index contributed by atoms with van der Waals surface area (Å²) in [6, 6.07) is 0. The van der Waals surface area contributed by atoms with Gasteiger partial charge in [0.15, 0.2) is 8.38 Å². The fraction of sp³-hybridized carbons (Fsp3) is 0.905. The van der Waals surface area contributed by atoms with E-state index >= 15 is 0 Å². The fourth-order valence-corrected chi connectivity index (χ4v) is 4.08. The standard InChI is InChI=1S/C21H42NO8P/c1-3-29-31(30-4-2)19-22(13-17-27-20(25)11-7-5-9-15-23)14-18-28-21(26)12-8-6-10-16-24/h23-24H,3-19H2,1-2H3. The second kappa shape index (κ2) is 22.4. The summed E-state index contributed by atoms with van der Waals surface area (Å²) in [6.45, 7) is 6.68. The summed E-state index contributed by atoms with van der Waals surface area (Å²) < 4.78 is 22.0. The number of carbonyl (C=O) groups excluding carboxylic acids is 2. The van der Waals surface area contributed by atoms with Crippen molar-refractivity contribution in [1.29, 1.82) is 0 Å². The first-order valence-electron chi connectivity index (χ1n) is 11.4. The van der Waals surface area contributed by atoms with Crippen molar-refractivity contribution in [2.45, 2.75) is 65.2 Å². The van der Waals surface area contributed by atoms with Crippen LogP contribution in [0, 0.1) is 0 Å². The maximum atomic E-state index is 11.8. The monoisotopic (exact) mass is 467 g/mol.